The van der Waals surface area contributed by atoms with Crippen molar-refractivity contribution in [2.24, 2.45) is 15.0 Å². The number of rotatable bonds is 2. The van der Waals surface area contributed by atoms with Gasteiger partial charge in [-0.15, -0.1) is 0 Å². The van der Waals surface area contributed by atoms with Gasteiger partial charge in [-0.25, -0.2) is 4.99 Å². The van der Waals surface area contributed by atoms with Crippen molar-refractivity contribution in [1.29, 1.82) is 0 Å². The van der Waals surface area contributed by atoms with E-state index in [0.29, 0.717) is 5.69 Å². The zero-order valence-electron chi connectivity index (χ0n) is 10.2. The first-order chi connectivity index (χ1) is 9.90. The Balaban J connectivity index is 1.91. The van der Waals surface area contributed by atoms with Crippen molar-refractivity contribution in [3.8, 4) is 11.4 Å². The van der Waals surface area contributed by atoms with Crippen molar-refractivity contribution < 1.29 is 0 Å². The number of H-pyrrole nitrogens is 1. The molecule has 96 valence electrons. The fourth-order valence-electron chi connectivity index (χ4n) is 2.23. The molecule has 0 spiro atoms. The van der Waals surface area contributed by atoms with Gasteiger partial charge in [-0.05, 0) is 0 Å². The van der Waals surface area contributed by atoms with E-state index < -0.39 is 0 Å². The van der Waals surface area contributed by atoms with Crippen molar-refractivity contribution in [2.45, 2.75) is 0 Å². The summed E-state index contributed by atoms with van der Waals surface area (Å²) < 4.78 is 0.193. The Morgan fingerprint density at radius 1 is 1.05 bits per heavy atom. The smallest absolute Gasteiger partial charge is 0.265 e. The second-order valence-corrected chi connectivity index (χ2v) is 4.26. The molecule has 0 bridgehead atoms. The minimum absolute atomic E-state index is 0.193. The Kier molecular flexibility index (Phi) is 2.18. The highest BCUT2D eigenvalue weighted by atomic mass is 15.5. The van der Waals surface area contributed by atoms with Crippen LogP contribution in [0.5, 0.6) is 0 Å². The van der Waals surface area contributed by atoms with Crippen LogP contribution in [-0.2, 0) is 0 Å². The second-order valence-electron chi connectivity index (χ2n) is 4.26. The largest absolute Gasteiger partial charge is 0.270 e. The molecule has 0 amide bonds. The Bertz CT molecular complexity index is 770. The molecule has 0 saturated carbocycles. The van der Waals surface area contributed by atoms with Gasteiger partial charge in [0.25, 0.3) is 5.82 Å². The zero-order valence-corrected chi connectivity index (χ0v) is 10.2. The molecular weight excluding hydrogens is 256 g/mol. The van der Waals surface area contributed by atoms with E-state index in [1.54, 1.807) is 43.7 Å². The number of fused-ring (bicyclic) bond motifs is 1. The summed E-state index contributed by atoms with van der Waals surface area (Å²) >= 11 is 0. The van der Waals surface area contributed by atoms with E-state index in [2.05, 4.69) is 35.1 Å². The number of hydrogen-bond acceptors (Lipinski definition) is 6. The van der Waals surface area contributed by atoms with Crippen molar-refractivity contribution in [3.63, 3.8) is 0 Å². The van der Waals surface area contributed by atoms with Crippen LogP contribution in [0, 0.1) is 0 Å². The third kappa shape index (κ3) is 1.39. The lowest BCUT2D eigenvalue weighted by atomic mass is 10.2. The van der Waals surface area contributed by atoms with Crippen LogP contribution in [-0.4, -0.2) is 39.2 Å². The van der Waals surface area contributed by atoms with E-state index in [1.807, 2.05) is 0 Å². The predicted molar refractivity (Wildman–Crippen MR) is 75.0 cm³/mol. The third-order valence-corrected chi connectivity index (χ3v) is 3.16. The summed E-state index contributed by atoms with van der Waals surface area (Å²) in [5, 5.41) is 7.07. The van der Waals surface area contributed by atoms with Gasteiger partial charge in [0, 0.05) is 12.4 Å². The normalized spacial score (nSPS) is 22.9. The Labute approximate surface area is 113 Å². The first-order valence-corrected chi connectivity index (χ1v) is 5.91. The molecule has 2 aliphatic heterocycles. The van der Waals surface area contributed by atoms with Crippen LogP contribution in [0.3, 0.4) is 0 Å². The van der Waals surface area contributed by atoms with Crippen molar-refractivity contribution in [3.05, 3.63) is 36.8 Å². The summed E-state index contributed by atoms with van der Waals surface area (Å²) in [4.78, 5) is 21.0. The summed E-state index contributed by atoms with van der Waals surface area (Å²) in [5.74, 6) is 0.756. The van der Waals surface area contributed by atoms with Crippen LogP contribution < -0.4 is 4.48 Å². The zero-order chi connectivity index (χ0) is 13.4. The molecule has 2 aliphatic rings. The number of aromatic nitrogens is 4. The van der Waals surface area contributed by atoms with Gasteiger partial charge in [-0.3, -0.25) is 15.1 Å². The summed E-state index contributed by atoms with van der Waals surface area (Å²) in [5.41, 5.74) is 2.31. The maximum Gasteiger partial charge on any atom is 0.265 e. The summed E-state index contributed by atoms with van der Waals surface area (Å²) in [6.45, 7) is 0. The van der Waals surface area contributed by atoms with Crippen LogP contribution in [0.15, 0.2) is 51.8 Å². The Hall–Kier alpha value is -3.00. The lowest BCUT2D eigenvalue weighted by molar-refractivity contribution is 0.750. The van der Waals surface area contributed by atoms with Crippen LogP contribution in [0.2, 0.25) is 0 Å². The average molecular weight is 265 g/mol. The number of quaternary nitrogens is 1. The molecule has 0 saturated heterocycles. The molecule has 1 N–H and O–H groups in total. The maximum absolute atomic E-state index is 4.30. The van der Waals surface area contributed by atoms with Gasteiger partial charge in [-0.1, -0.05) is 0 Å². The number of nitrogens with zero attached hydrogens (tertiary/aromatic N) is 7. The van der Waals surface area contributed by atoms with Gasteiger partial charge in [0.2, 0.25) is 12.7 Å². The molecule has 4 heterocycles. The van der Waals surface area contributed by atoms with E-state index >= 15 is 0 Å². The van der Waals surface area contributed by atoms with Crippen LogP contribution in [0.25, 0.3) is 11.4 Å². The summed E-state index contributed by atoms with van der Waals surface area (Å²) in [7, 11) is 0. The lowest BCUT2D eigenvalue weighted by Crippen LogP contribution is -2.44. The monoisotopic (exact) mass is 265 g/mol. The number of hydrogen-bond donors (Lipinski definition) is 1. The third-order valence-electron chi connectivity index (χ3n) is 3.16. The van der Waals surface area contributed by atoms with Crippen LogP contribution >= 0.6 is 0 Å². The summed E-state index contributed by atoms with van der Waals surface area (Å²) in [6.07, 6.45) is 13.4. The average Bonchev–Trinajstić information content (AvgIpc) is 3.15. The molecule has 8 nitrogen and oxygen atoms in total. The first-order valence-electron chi connectivity index (χ1n) is 5.91. The molecule has 8 heteroatoms. The minimum atomic E-state index is 0.193. The Morgan fingerprint density at radius 2 is 2.00 bits per heavy atom. The fourth-order valence-corrected chi connectivity index (χ4v) is 2.23. The van der Waals surface area contributed by atoms with Gasteiger partial charge in [0.05, 0.1) is 6.20 Å². The number of nitrogens with one attached hydrogen (secondary N) is 1. The van der Waals surface area contributed by atoms with Crippen molar-refractivity contribution in [2.75, 3.05) is 0 Å². The molecule has 0 radical (unpaired) electrons. The lowest BCUT2D eigenvalue weighted by Gasteiger charge is -2.24. The molecule has 0 fully saturated rings. The molecule has 1 unspecified atom stereocenters. The molecule has 0 aliphatic carbocycles. The van der Waals surface area contributed by atoms with Gasteiger partial charge >= 0.3 is 0 Å². The van der Waals surface area contributed by atoms with E-state index in [-0.39, 0.29) is 4.48 Å². The number of aromatic amines is 1. The highest BCUT2D eigenvalue weighted by Crippen LogP contribution is 2.36. The maximum atomic E-state index is 4.30. The quantitative estimate of drug-likeness (QED) is 0.824. The molecule has 2 aromatic rings. The summed E-state index contributed by atoms with van der Waals surface area (Å²) in [6, 6.07) is 0. The minimum Gasteiger partial charge on any atom is -0.270 e. The van der Waals surface area contributed by atoms with Crippen LogP contribution in [0.1, 0.15) is 0 Å². The van der Waals surface area contributed by atoms with Crippen LogP contribution in [0.4, 0.5) is 5.69 Å². The predicted octanol–water partition coefficient (Wildman–Crippen LogP) is 1.08. The van der Waals surface area contributed by atoms with Gasteiger partial charge < -0.3 is 0 Å². The van der Waals surface area contributed by atoms with Crippen molar-refractivity contribution >= 4 is 24.7 Å². The molecule has 0 aromatic carbocycles. The Morgan fingerprint density at radius 3 is 2.90 bits per heavy atom. The van der Waals surface area contributed by atoms with E-state index in [0.717, 1.165) is 17.2 Å². The van der Waals surface area contributed by atoms with Gasteiger partial charge in [0.15, 0.2) is 5.69 Å². The number of aliphatic imine (C=N–C) groups is 3. The van der Waals surface area contributed by atoms with E-state index in [1.165, 1.54) is 6.34 Å². The molecule has 4 rings (SSSR count). The van der Waals surface area contributed by atoms with Crippen molar-refractivity contribution in [1.82, 2.24) is 24.6 Å². The standard InChI is InChI=1S/C12H9N8/c1-2-16-9(3-13-1)12-10(4-18-19-12)20-7-14-5-11(20)17-6-15-8-20/h1-8H,(H,18,19)/q+1. The topological polar surface area (TPSA) is 91.5 Å². The SMILES string of the molecule is C1=NC=NC2=CN=C[N+]12c1cn[nH]c1-c1cnccn1. The first kappa shape index (κ1) is 10.9. The fraction of sp³-hybridized carbons (Fsp3) is 0. The van der Waals surface area contributed by atoms with E-state index in [4.69, 9.17) is 0 Å². The highest BCUT2D eigenvalue weighted by molar-refractivity contribution is 6.04. The second kappa shape index (κ2) is 4.00. The highest BCUT2D eigenvalue weighted by Gasteiger charge is 2.41. The van der Waals surface area contributed by atoms with Gasteiger partial charge in [0.1, 0.15) is 30.1 Å². The molecule has 1 atom stereocenters. The van der Waals surface area contributed by atoms with Gasteiger partial charge in [-0.2, -0.15) is 19.6 Å². The molecular formula is C12H9N8+. The molecule has 2 aromatic heterocycles. The van der Waals surface area contributed by atoms with E-state index in [9.17, 15) is 0 Å². The molecule has 20 heavy (non-hydrogen) atoms.